The van der Waals surface area contributed by atoms with Gasteiger partial charge in [0.2, 0.25) is 0 Å². The molecular formula is C18H28N2S2. The van der Waals surface area contributed by atoms with Crippen LogP contribution in [0.3, 0.4) is 0 Å². The van der Waals surface area contributed by atoms with Gasteiger partial charge in [0, 0.05) is 12.1 Å². The second-order valence-corrected chi connectivity index (χ2v) is 6.43. The molecule has 0 aliphatic rings. The Bertz CT molecular complexity index is 439. The van der Waals surface area contributed by atoms with Crippen molar-refractivity contribution in [2.75, 3.05) is 11.5 Å². The van der Waals surface area contributed by atoms with Crippen LogP contribution in [0.2, 0.25) is 0 Å². The predicted octanol–water partition coefficient (Wildman–Crippen LogP) is 3.19. The molecule has 4 heteroatoms. The number of hydrogen-bond acceptors (Lipinski definition) is 4. The van der Waals surface area contributed by atoms with Crippen molar-refractivity contribution in [3.63, 3.8) is 0 Å². The van der Waals surface area contributed by atoms with E-state index in [1.54, 1.807) is 0 Å². The van der Waals surface area contributed by atoms with Crippen LogP contribution in [-0.2, 0) is 12.8 Å². The van der Waals surface area contributed by atoms with Gasteiger partial charge < -0.3 is 11.5 Å². The number of nitrogens with two attached hydrogens (primary N) is 2. The fourth-order valence-electron chi connectivity index (χ4n) is 2.24. The summed E-state index contributed by atoms with van der Waals surface area (Å²) in [6, 6.07) is 17.1. The van der Waals surface area contributed by atoms with Gasteiger partial charge in [-0.2, -0.15) is 25.3 Å². The molecule has 0 aliphatic heterocycles. The van der Waals surface area contributed by atoms with E-state index in [1.807, 2.05) is 6.07 Å². The lowest BCUT2D eigenvalue weighted by molar-refractivity contribution is 0.652. The van der Waals surface area contributed by atoms with Crippen molar-refractivity contribution in [3.8, 4) is 0 Å². The Morgan fingerprint density at radius 3 is 1.50 bits per heavy atom. The van der Waals surface area contributed by atoms with E-state index in [9.17, 15) is 0 Å². The fourth-order valence-corrected chi connectivity index (χ4v) is 2.91. The molecule has 1 aromatic carbocycles. The van der Waals surface area contributed by atoms with Crippen molar-refractivity contribution in [1.82, 2.24) is 0 Å². The molecule has 0 radical (unpaired) electrons. The molecule has 2 atom stereocenters. The zero-order chi connectivity index (χ0) is 16.2. The maximum absolute atomic E-state index is 6.10. The van der Waals surface area contributed by atoms with Crippen molar-refractivity contribution in [2.24, 2.45) is 11.5 Å². The molecular weight excluding hydrogens is 308 g/mol. The predicted molar refractivity (Wildman–Crippen MR) is 104 cm³/mol. The minimum Gasteiger partial charge on any atom is -0.327 e. The monoisotopic (exact) mass is 336 g/mol. The molecule has 0 fully saturated rings. The van der Waals surface area contributed by atoms with Gasteiger partial charge in [-0.05, 0) is 48.3 Å². The fraction of sp³-hybridized carbons (Fsp3) is 0.444. The quantitative estimate of drug-likeness (QED) is 0.551. The minimum atomic E-state index is 0.160. The molecule has 1 rings (SSSR count). The third-order valence-corrected chi connectivity index (χ3v) is 3.98. The maximum Gasteiger partial charge on any atom is 0.00870 e. The summed E-state index contributed by atoms with van der Waals surface area (Å²) in [7, 11) is 0. The van der Waals surface area contributed by atoms with E-state index in [0.29, 0.717) is 0 Å². The van der Waals surface area contributed by atoms with E-state index >= 15 is 0 Å². The Hall–Kier alpha value is -0.680. The van der Waals surface area contributed by atoms with Crippen LogP contribution in [0, 0.1) is 0 Å². The summed E-state index contributed by atoms with van der Waals surface area (Å²) in [5.41, 5.74) is 14.7. The second-order valence-electron chi connectivity index (χ2n) is 5.54. The van der Waals surface area contributed by atoms with Crippen LogP contribution in [0.15, 0.2) is 48.5 Å². The summed E-state index contributed by atoms with van der Waals surface area (Å²) in [5, 5.41) is 0. The molecule has 0 bridgehead atoms. The maximum atomic E-state index is 6.10. The molecule has 0 saturated carbocycles. The van der Waals surface area contributed by atoms with Gasteiger partial charge in [0.05, 0.1) is 0 Å². The van der Waals surface area contributed by atoms with Gasteiger partial charge >= 0.3 is 0 Å². The van der Waals surface area contributed by atoms with Crippen LogP contribution in [0.5, 0.6) is 0 Å². The molecule has 0 aliphatic carbocycles. The third-order valence-electron chi connectivity index (χ3n) is 3.46. The lowest BCUT2D eigenvalue weighted by Gasteiger charge is -2.09. The minimum absolute atomic E-state index is 0.160. The molecule has 2 nitrogen and oxygen atoms in total. The van der Waals surface area contributed by atoms with E-state index in [1.165, 1.54) is 11.1 Å². The summed E-state index contributed by atoms with van der Waals surface area (Å²) >= 11 is 8.48. The number of rotatable bonds is 8. The number of hydrogen-bond donors (Lipinski definition) is 4. The van der Waals surface area contributed by atoms with E-state index in [4.69, 9.17) is 11.5 Å². The molecule has 22 heavy (non-hydrogen) atoms. The van der Waals surface area contributed by atoms with Crippen molar-refractivity contribution in [3.05, 3.63) is 59.7 Å². The van der Waals surface area contributed by atoms with Gasteiger partial charge in [0.25, 0.3) is 0 Å². The van der Waals surface area contributed by atoms with Crippen molar-refractivity contribution >= 4 is 25.3 Å². The van der Waals surface area contributed by atoms with Crippen molar-refractivity contribution in [1.29, 1.82) is 0 Å². The van der Waals surface area contributed by atoms with Crippen LogP contribution in [-0.4, -0.2) is 23.6 Å². The Balaban J connectivity index is 2.88. The number of thiol groups is 2. The molecule has 2 unspecified atom stereocenters. The Kier molecular flexibility index (Phi) is 10.4. The van der Waals surface area contributed by atoms with E-state index in [0.717, 1.165) is 37.2 Å². The van der Waals surface area contributed by atoms with Crippen LogP contribution in [0.4, 0.5) is 0 Å². The van der Waals surface area contributed by atoms with Crippen molar-refractivity contribution < 1.29 is 0 Å². The standard InChI is InChI=1S/C18H28N2S2/c19-17(9-11-21)13-15-5-2-1-3-6-16(8-4-7-15)14-18(20)10-12-22/h1-8,17-18,21-22H,9-14,19-20H2. The van der Waals surface area contributed by atoms with Gasteiger partial charge in [-0.3, -0.25) is 0 Å². The summed E-state index contributed by atoms with van der Waals surface area (Å²) in [4.78, 5) is 0. The van der Waals surface area contributed by atoms with E-state index in [-0.39, 0.29) is 12.1 Å². The van der Waals surface area contributed by atoms with Crippen LogP contribution in [0.1, 0.15) is 24.0 Å². The molecule has 4 N–H and O–H groups in total. The molecule has 122 valence electrons. The smallest absolute Gasteiger partial charge is 0.00870 e. The molecule has 1 aromatic rings. The van der Waals surface area contributed by atoms with Gasteiger partial charge in [-0.25, -0.2) is 0 Å². The van der Waals surface area contributed by atoms with Crippen LogP contribution < -0.4 is 11.5 Å². The summed E-state index contributed by atoms with van der Waals surface area (Å²) < 4.78 is 0. The molecule has 0 saturated heterocycles. The van der Waals surface area contributed by atoms with Gasteiger partial charge in [0.1, 0.15) is 0 Å². The Morgan fingerprint density at radius 1 is 0.682 bits per heavy atom. The first-order chi connectivity index (χ1) is 10.7. The first kappa shape index (κ1) is 19.4. The largest absolute Gasteiger partial charge is 0.327 e. The second kappa shape index (κ2) is 11.8. The SMILES string of the molecule is NC(CCS)Cc1cccccc(CC(N)CCS)ccc1. The highest BCUT2D eigenvalue weighted by Gasteiger charge is 2.02. The summed E-state index contributed by atoms with van der Waals surface area (Å²) in [6.07, 6.45) is 3.59. The zero-order valence-corrected chi connectivity index (χ0v) is 14.9. The van der Waals surface area contributed by atoms with Gasteiger partial charge in [0.15, 0.2) is 0 Å². The Morgan fingerprint density at radius 2 is 1.09 bits per heavy atom. The van der Waals surface area contributed by atoms with Gasteiger partial charge in [-0.1, -0.05) is 48.5 Å². The lowest BCUT2D eigenvalue weighted by Crippen LogP contribution is -2.23. The third kappa shape index (κ3) is 8.69. The molecule has 0 aromatic heterocycles. The zero-order valence-electron chi connectivity index (χ0n) is 13.1. The van der Waals surface area contributed by atoms with Gasteiger partial charge in [-0.15, -0.1) is 0 Å². The van der Waals surface area contributed by atoms with E-state index in [2.05, 4.69) is 67.7 Å². The Labute approximate surface area is 145 Å². The topological polar surface area (TPSA) is 52.0 Å². The van der Waals surface area contributed by atoms with Crippen molar-refractivity contribution in [2.45, 2.75) is 37.8 Å². The lowest BCUT2D eigenvalue weighted by atomic mass is 10.0. The first-order valence-electron chi connectivity index (χ1n) is 7.79. The molecule has 0 spiro atoms. The average Bonchev–Trinajstić information content (AvgIpc) is 2.47. The first-order valence-corrected chi connectivity index (χ1v) is 9.06. The highest BCUT2D eigenvalue weighted by Crippen LogP contribution is 2.06. The van der Waals surface area contributed by atoms with Crippen LogP contribution in [0.25, 0.3) is 0 Å². The highest BCUT2D eigenvalue weighted by molar-refractivity contribution is 7.80. The highest BCUT2D eigenvalue weighted by atomic mass is 32.1. The summed E-state index contributed by atoms with van der Waals surface area (Å²) in [6.45, 7) is 0. The average molecular weight is 337 g/mol. The normalized spacial score (nSPS) is 13.3. The van der Waals surface area contributed by atoms with Crippen LogP contribution >= 0.6 is 25.3 Å². The molecule has 0 amide bonds. The molecule has 0 heterocycles. The summed E-state index contributed by atoms with van der Waals surface area (Å²) in [5.74, 6) is 1.65. The van der Waals surface area contributed by atoms with E-state index < -0.39 is 0 Å².